The van der Waals surface area contributed by atoms with E-state index in [9.17, 15) is 8.78 Å². The second-order valence-corrected chi connectivity index (χ2v) is 13.6. The highest BCUT2D eigenvalue weighted by Gasteiger charge is 2.49. The fraction of sp³-hybridized carbons (Fsp3) is 0.444. The minimum Gasteiger partial charge on any atom is -0.461 e. The van der Waals surface area contributed by atoms with Crippen LogP contribution < -0.4 is 15.0 Å². The Morgan fingerprint density at radius 2 is 2.04 bits per heavy atom. The normalized spacial score (nSPS) is 25.8. The maximum atomic E-state index is 17.2. The molecule has 0 unspecified atom stereocenters. The molecule has 4 aromatic rings. The summed E-state index contributed by atoms with van der Waals surface area (Å²) in [5, 5.41) is 5.57. The molecule has 1 N–H and O–H groups in total. The number of anilines is 1. The standard InChI is InChI=1S/C36H35ClF3N5O/c1-3-22-18-45-23(16-41-22)10-11-26-30-33(42-35(43-34(30)45)46-19-36-13-6-14-44(36)17-21(38)15-36)32(40)29(31(26)37)25-8-5-7-20-9-12-27(39)24(4-2)28(20)25/h2,5,7-9,12,21-23,41H,3,6,10-11,13-19H2,1H3/t21-,22-,23-,36+/m1/s1. The number of nitrogens with zero attached hydrogens (tertiary/aromatic N) is 4. The molecule has 0 bridgehead atoms. The van der Waals surface area contributed by atoms with Crippen molar-refractivity contribution < 1.29 is 17.9 Å². The van der Waals surface area contributed by atoms with Gasteiger partial charge in [-0.25, -0.2) is 13.2 Å². The summed E-state index contributed by atoms with van der Waals surface area (Å²) in [6, 6.07) is 8.70. The number of halogens is 4. The lowest BCUT2D eigenvalue weighted by Gasteiger charge is -2.40. The van der Waals surface area contributed by atoms with E-state index in [1.54, 1.807) is 18.2 Å². The largest absolute Gasteiger partial charge is 0.461 e. The van der Waals surface area contributed by atoms with Crippen molar-refractivity contribution in [3.63, 3.8) is 0 Å². The molecule has 5 heterocycles. The second kappa shape index (κ2) is 11.3. The molecule has 8 rings (SSSR count). The molecule has 0 radical (unpaired) electrons. The summed E-state index contributed by atoms with van der Waals surface area (Å²) in [5.41, 5.74) is 1.04. The number of piperazine rings is 1. The van der Waals surface area contributed by atoms with Gasteiger partial charge >= 0.3 is 6.01 Å². The first kappa shape index (κ1) is 29.8. The molecule has 3 saturated heterocycles. The van der Waals surface area contributed by atoms with E-state index >= 15 is 4.39 Å². The molecule has 0 saturated carbocycles. The van der Waals surface area contributed by atoms with E-state index in [1.165, 1.54) is 6.07 Å². The molecule has 238 valence electrons. The Morgan fingerprint density at radius 1 is 1.17 bits per heavy atom. The van der Waals surface area contributed by atoms with Crippen molar-refractivity contribution in [1.29, 1.82) is 0 Å². The number of hydrogen-bond acceptors (Lipinski definition) is 6. The number of alkyl halides is 1. The van der Waals surface area contributed by atoms with Gasteiger partial charge in [-0.05, 0) is 61.2 Å². The van der Waals surface area contributed by atoms with Crippen LogP contribution in [0.1, 0.15) is 50.2 Å². The quantitative estimate of drug-likeness (QED) is 0.241. The fourth-order valence-electron chi connectivity index (χ4n) is 8.40. The monoisotopic (exact) mass is 645 g/mol. The summed E-state index contributed by atoms with van der Waals surface area (Å²) in [5.74, 6) is 1.88. The van der Waals surface area contributed by atoms with Crippen LogP contribution in [0, 0.1) is 24.0 Å². The topological polar surface area (TPSA) is 53.5 Å². The summed E-state index contributed by atoms with van der Waals surface area (Å²) < 4.78 is 53.1. The molecule has 4 aliphatic heterocycles. The van der Waals surface area contributed by atoms with Gasteiger partial charge in [0.15, 0.2) is 5.82 Å². The minimum absolute atomic E-state index is 0.0545. The van der Waals surface area contributed by atoms with Gasteiger partial charge in [0.25, 0.3) is 0 Å². The first-order valence-electron chi connectivity index (χ1n) is 16.2. The first-order valence-corrected chi connectivity index (χ1v) is 16.6. The molecular weight excluding hydrogens is 611 g/mol. The summed E-state index contributed by atoms with van der Waals surface area (Å²) in [6.45, 7) is 5.05. The zero-order chi connectivity index (χ0) is 31.7. The van der Waals surface area contributed by atoms with Crippen molar-refractivity contribution in [2.45, 2.75) is 69.2 Å². The van der Waals surface area contributed by atoms with Gasteiger partial charge in [0.05, 0.1) is 21.5 Å². The summed E-state index contributed by atoms with van der Waals surface area (Å²) in [6.07, 6.45) is 9.37. The molecule has 0 spiro atoms. The minimum atomic E-state index is -0.901. The van der Waals surface area contributed by atoms with E-state index in [0.29, 0.717) is 53.5 Å². The molecule has 1 aromatic heterocycles. The number of hydrogen-bond donors (Lipinski definition) is 1. The zero-order valence-electron chi connectivity index (χ0n) is 25.7. The van der Waals surface area contributed by atoms with Crippen LogP contribution in [0.15, 0.2) is 30.3 Å². The molecule has 6 nitrogen and oxygen atoms in total. The second-order valence-electron chi connectivity index (χ2n) is 13.2. The summed E-state index contributed by atoms with van der Waals surface area (Å²) in [4.78, 5) is 14.1. The number of terminal acetylenes is 1. The molecule has 4 atom stereocenters. The van der Waals surface area contributed by atoms with Gasteiger partial charge < -0.3 is 15.0 Å². The smallest absolute Gasteiger partial charge is 0.319 e. The molecule has 46 heavy (non-hydrogen) atoms. The highest BCUT2D eigenvalue weighted by atomic mass is 35.5. The number of aryl methyl sites for hydroxylation is 1. The molecule has 4 aliphatic rings. The van der Waals surface area contributed by atoms with Gasteiger partial charge in [-0.15, -0.1) is 6.42 Å². The fourth-order valence-corrected chi connectivity index (χ4v) is 8.77. The van der Waals surface area contributed by atoms with Gasteiger partial charge in [-0.3, -0.25) is 4.90 Å². The van der Waals surface area contributed by atoms with Crippen molar-refractivity contribution in [2.75, 3.05) is 37.7 Å². The Hall–Kier alpha value is -3.58. The van der Waals surface area contributed by atoms with Gasteiger partial charge in [0.2, 0.25) is 0 Å². The number of aromatic nitrogens is 2. The van der Waals surface area contributed by atoms with Crippen molar-refractivity contribution in [2.24, 2.45) is 0 Å². The van der Waals surface area contributed by atoms with Gasteiger partial charge in [0.1, 0.15) is 29.9 Å². The average Bonchev–Trinajstić information content (AvgIpc) is 3.53. The van der Waals surface area contributed by atoms with Crippen molar-refractivity contribution in [3.8, 4) is 29.5 Å². The lowest BCUT2D eigenvalue weighted by atomic mass is 9.91. The summed E-state index contributed by atoms with van der Waals surface area (Å²) >= 11 is 7.21. The van der Waals surface area contributed by atoms with E-state index < -0.39 is 23.3 Å². The van der Waals surface area contributed by atoms with Crippen LogP contribution in [0.2, 0.25) is 5.02 Å². The van der Waals surface area contributed by atoms with Crippen LogP contribution in [-0.4, -0.2) is 71.4 Å². The van der Waals surface area contributed by atoms with E-state index in [2.05, 4.69) is 28.0 Å². The Kier molecular flexibility index (Phi) is 7.31. The number of fused-ring (bicyclic) bond motifs is 4. The average molecular weight is 646 g/mol. The van der Waals surface area contributed by atoms with Gasteiger partial charge in [-0.1, -0.05) is 48.7 Å². The van der Waals surface area contributed by atoms with Crippen LogP contribution in [0.25, 0.3) is 32.8 Å². The Balaban J connectivity index is 1.35. The van der Waals surface area contributed by atoms with Crippen LogP contribution in [0.3, 0.4) is 0 Å². The lowest BCUT2D eigenvalue weighted by Crippen LogP contribution is -2.56. The Bertz CT molecular complexity index is 1930. The molecule has 3 aromatic carbocycles. The van der Waals surface area contributed by atoms with Crippen LogP contribution in [0.5, 0.6) is 6.01 Å². The number of benzene rings is 3. The maximum absolute atomic E-state index is 17.2. The van der Waals surface area contributed by atoms with Crippen molar-refractivity contribution >= 4 is 39.1 Å². The molecule has 10 heteroatoms. The van der Waals surface area contributed by atoms with Crippen LogP contribution in [-0.2, 0) is 6.42 Å². The highest BCUT2D eigenvalue weighted by molar-refractivity contribution is 6.36. The number of rotatable bonds is 5. The summed E-state index contributed by atoms with van der Waals surface area (Å²) in [7, 11) is 0. The van der Waals surface area contributed by atoms with E-state index in [4.69, 9.17) is 32.7 Å². The lowest BCUT2D eigenvalue weighted by molar-refractivity contribution is 0.107. The molecule has 3 fully saturated rings. The Morgan fingerprint density at radius 3 is 2.87 bits per heavy atom. The van der Waals surface area contributed by atoms with E-state index in [0.717, 1.165) is 44.3 Å². The van der Waals surface area contributed by atoms with Crippen LogP contribution in [0.4, 0.5) is 19.0 Å². The number of nitrogens with one attached hydrogen (secondary N) is 1. The molecule has 0 amide bonds. The van der Waals surface area contributed by atoms with Crippen molar-refractivity contribution in [3.05, 3.63) is 58.1 Å². The predicted molar refractivity (Wildman–Crippen MR) is 175 cm³/mol. The third-order valence-corrected chi connectivity index (χ3v) is 11.1. The van der Waals surface area contributed by atoms with Crippen molar-refractivity contribution in [1.82, 2.24) is 20.2 Å². The third-order valence-electron chi connectivity index (χ3n) is 10.7. The highest BCUT2D eigenvalue weighted by Crippen LogP contribution is 2.47. The molecular formula is C36H35ClF3N5O. The SMILES string of the molecule is C#Cc1c(F)ccc2cccc(-c3c(Cl)c4c5c(nc(OC[C@@]67CCCN6C[C@H](F)C7)nc5c3F)N3C[C@@H](CC)NC[C@H]3CC4)c12. The van der Waals surface area contributed by atoms with Crippen LogP contribution >= 0.6 is 11.6 Å². The predicted octanol–water partition coefficient (Wildman–Crippen LogP) is 6.82. The van der Waals surface area contributed by atoms with Gasteiger partial charge in [-0.2, -0.15) is 9.97 Å². The zero-order valence-corrected chi connectivity index (χ0v) is 26.4. The maximum Gasteiger partial charge on any atom is 0.319 e. The van der Waals surface area contributed by atoms with E-state index in [1.807, 2.05) is 6.07 Å². The third kappa shape index (κ3) is 4.56. The molecule has 0 aliphatic carbocycles. The van der Waals surface area contributed by atoms with E-state index in [-0.39, 0.29) is 46.4 Å². The number of ether oxygens (including phenoxy) is 1. The first-order chi connectivity index (χ1) is 22.3. The van der Waals surface area contributed by atoms with Gasteiger partial charge in [0, 0.05) is 49.1 Å². The Labute approximate surface area is 271 Å².